The van der Waals surface area contributed by atoms with E-state index in [-0.39, 0.29) is 44.2 Å². The Morgan fingerprint density at radius 2 is 1.28 bits per heavy atom. The molecule has 2 heterocycles. The van der Waals surface area contributed by atoms with Gasteiger partial charge in [0.2, 0.25) is 47.3 Å². The molecule has 0 unspecified atom stereocenters. The first-order valence-electron chi connectivity index (χ1n) is 21.2. The summed E-state index contributed by atoms with van der Waals surface area (Å²) in [6.45, 7) is 13.0. The molecule has 12 N–H and O–H groups in total. The van der Waals surface area contributed by atoms with Crippen LogP contribution in [0.25, 0.3) is 0 Å². The average Bonchev–Trinajstić information content (AvgIpc) is 3.88. The van der Waals surface area contributed by atoms with Gasteiger partial charge in [0, 0.05) is 13.1 Å². The van der Waals surface area contributed by atoms with Crippen LogP contribution in [0.4, 0.5) is 0 Å². The molecule has 9 atom stereocenters. The van der Waals surface area contributed by atoms with Gasteiger partial charge < -0.3 is 58.7 Å². The highest BCUT2D eigenvalue weighted by Crippen LogP contribution is 2.23. The number of carbonyl (C=O) groups excluding carboxylic acids is 8. The summed E-state index contributed by atoms with van der Waals surface area (Å²) in [4.78, 5) is 121. The van der Waals surface area contributed by atoms with E-state index >= 15 is 0 Å². The van der Waals surface area contributed by atoms with Crippen LogP contribution in [0.15, 0.2) is 0 Å². The Kier molecular flexibility index (Phi) is 20.9. The van der Waals surface area contributed by atoms with E-state index < -0.39 is 114 Å². The Bertz CT molecular complexity index is 1540. The van der Waals surface area contributed by atoms with Gasteiger partial charge in [0.05, 0.1) is 12.5 Å². The summed E-state index contributed by atoms with van der Waals surface area (Å²) in [7, 11) is 0. The summed E-state index contributed by atoms with van der Waals surface area (Å²) in [5.74, 6) is -7.47. The summed E-state index contributed by atoms with van der Waals surface area (Å²) in [5.41, 5.74) is 17.1. The van der Waals surface area contributed by atoms with Crippen molar-refractivity contribution in [2.24, 2.45) is 35.0 Å². The number of carbonyl (C=O) groups is 9. The molecule has 0 aliphatic carbocycles. The van der Waals surface area contributed by atoms with Gasteiger partial charge in [-0.05, 0) is 82.6 Å². The second-order valence-corrected chi connectivity index (χ2v) is 16.9. The van der Waals surface area contributed by atoms with Gasteiger partial charge >= 0.3 is 5.97 Å². The minimum Gasteiger partial charge on any atom is -0.480 e. The third-order valence-corrected chi connectivity index (χ3v) is 11.1. The summed E-state index contributed by atoms with van der Waals surface area (Å²) in [5, 5.41) is 22.8. The zero-order chi connectivity index (χ0) is 45.4. The lowest BCUT2D eigenvalue weighted by molar-refractivity contribution is -0.149. The minimum absolute atomic E-state index is 0.118. The highest BCUT2D eigenvalue weighted by molar-refractivity contribution is 5.99. The summed E-state index contributed by atoms with van der Waals surface area (Å²) in [6.07, 6.45) is 2.76. The van der Waals surface area contributed by atoms with Crippen molar-refractivity contribution in [1.82, 2.24) is 36.4 Å². The molecule has 0 radical (unpaired) electrons. The number of nitrogens with one attached hydrogen (secondary N) is 5. The third-order valence-electron chi connectivity index (χ3n) is 11.1. The molecular weight excluding hydrogens is 780 g/mol. The van der Waals surface area contributed by atoms with E-state index in [4.69, 9.17) is 17.2 Å². The predicted molar refractivity (Wildman–Crippen MR) is 221 cm³/mol. The van der Waals surface area contributed by atoms with Gasteiger partial charge in [0.25, 0.3) is 0 Å². The lowest BCUT2D eigenvalue weighted by atomic mass is 9.96. The van der Waals surface area contributed by atoms with Gasteiger partial charge in [0.1, 0.15) is 42.3 Å². The lowest BCUT2D eigenvalue weighted by Gasteiger charge is -2.33. The molecule has 0 spiro atoms. The molecule has 340 valence electrons. The summed E-state index contributed by atoms with van der Waals surface area (Å²) >= 11 is 0. The van der Waals surface area contributed by atoms with Crippen LogP contribution >= 0.6 is 0 Å². The second kappa shape index (κ2) is 24.4. The van der Waals surface area contributed by atoms with Crippen LogP contribution in [0.2, 0.25) is 0 Å². The Labute approximate surface area is 352 Å². The molecule has 0 saturated carbocycles. The van der Waals surface area contributed by atoms with Crippen molar-refractivity contribution in [2.45, 2.75) is 161 Å². The number of nitrogens with two attached hydrogens (primary N) is 3. The third kappa shape index (κ3) is 15.0. The molecule has 0 bridgehead atoms. The van der Waals surface area contributed by atoms with Gasteiger partial charge in [0.15, 0.2) is 0 Å². The number of primary amides is 1. The summed E-state index contributed by atoms with van der Waals surface area (Å²) in [6, 6.07) is -8.91. The molecule has 8 amide bonds. The normalized spacial score (nSPS) is 20.0. The van der Waals surface area contributed by atoms with Crippen LogP contribution in [0.3, 0.4) is 0 Å². The van der Waals surface area contributed by atoms with Crippen LogP contribution in [0.5, 0.6) is 0 Å². The number of unbranched alkanes of at least 4 members (excludes halogenated alkanes) is 1. The SMILES string of the molecule is CC[C@H](C)[C@H](NC(=O)[C@H](C)NC(=O)[C@@H](N)CC(C)C)C(=O)N1CCC[C@H]1C(=O)N[C@H](C(=O)N[C@@H](CC(N)=O)C(=O)N[C@@H](CCCCN)C(=O)N1CCC[C@H]1C(=O)O)C(C)C. The number of hydrogen-bond acceptors (Lipinski definition) is 11. The molecule has 2 rings (SSSR count). The maximum absolute atomic E-state index is 14.1. The highest BCUT2D eigenvalue weighted by atomic mass is 16.4. The van der Waals surface area contributed by atoms with Gasteiger partial charge in [-0.1, -0.05) is 48.0 Å². The first-order valence-corrected chi connectivity index (χ1v) is 21.2. The number of rotatable bonds is 24. The molecule has 2 aliphatic heterocycles. The van der Waals surface area contributed by atoms with Crippen molar-refractivity contribution in [3.63, 3.8) is 0 Å². The molecule has 20 heteroatoms. The average molecular weight is 851 g/mol. The van der Waals surface area contributed by atoms with Crippen molar-refractivity contribution in [3.8, 4) is 0 Å². The summed E-state index contributed by atoms with van der Waals surface area (Å²) < 4.78 is 0. The van der Waals surface area contributed by atoms with Gasteiger partial charge in [-0.2, -0.15) is 0 Å². The smallest absolute Gasteiger partial charge is 0.326 e. The number of nitrogens with zero attached hydrogens (tertiary/aromatic N) is 2. The van der Waals surface area contributed by atoms with Crippen molar-refractivity contribution in [2.75, 3.05) is 19.6 Å². The van der Waals surface area contributed by atoms with Gasteiger partial charge in [-0.25, -0.2) is 4.79 Å². The fourth-order valence-corrected chi connectivity index (χ4v) is 7.41. The van der Waals surface area contributed by atoms with E-state index in [0.717, 1.165) is 0 Å². The van der Waals surface area contributed by atoms with Crippen LogP contribution in [0, 0.1) is 17.8 Å². The molecular formula is C40H70N10O10. The van der Waals surface area contributed by atoms with E-state index in [9.17, 15) is 48.3 Å². The fourth-order valence-electron chi connectivity index (χ4n) is 7.41. The molecule has 0 aromatic carbocycles. The van der Waals surface area contributed by atoms with Gasteiger partial charge in [-0.3, -0.25) is 38.4 Å². The molecule has 2 aliphatic rings. The number of aliphatic carboxylic acids is 1. The first kappa shape index (κ1) is 51.3. The molecule has 20 nitrogen and oxygen atoms in total. The Balaban J connectivity index is 2.24. The number of amides is 8. The van der Waals surface area contributed by atoms with E-state index in [1.54, 1.807) is 20.8 Å². The quantitative estimate of drug-likeness (QED) is 0.0506. The predicted octanol–water partition coefficient (Wildman–Crippen LogP) is -1.42. The van der Waals surface area contributed by atoms with E-state index in [1.165, 1.54) is 16.7 Å². The van der Waals surface area contributed by atoms with Crippen molar-refractivity contribution in [3.05, 3.63) is 0 Å². The van der Waals surface area contributed by atoms with Crippen molar-refractivity contribution >= 4 is 53.2 Å². The number of likely N-dealkylation sites (tertiary alicyclic amines) is 2. The topological polar surface area (TPSA) is 319 Å². The zero-order valence-corrected chi connectivity index (χ0v) is 36.3. The van der Waals surface area contributed by atoms with Crippen molar-refractivity contribution < 1.29 is 48.3 Å². The molecule has 2 fully saturated rings. The first-order chi connectivity index (χ1) is 28.1. The van der Waals surface area contributed by atoms with Gasteiger partial charge in [-0.15, -0.1) is 0 Å². The largest absolute Gasteiger partial charge is 0.480 e. The minimum atomic E-state index is -1.56. The van der Waals surface area contributed by atoms with Crippen LogP contribution < -0.4 is 43.8 Å². The van der Waals surface area contributed by atoms with Crippen LogP contribution in [0.1, 0.15) is 113 Å². The number of hydrogen-bond donors (Lipinski definition) is 9. The van der Waals surface area contributed by atoms with E-state index in [1.807, 2.05) is 20.8 Å². The zero-order valence-electron chi connectivity index (χ0n) is 36.3. The highest BCUT2D eigenvalue weighted by Gasteiger charge is 2.42. The maximum Gasteiger partial charge on any atom is 0.326 e. The molecule has 60 heavy (non-hydrogen) atoms. The molecule has 2 saturated heterocycles. The number of carboxylic acids is 1. The van der Waals surface area contributed by atoms with E-state index in [0.29, 0.717) is 45.1 Å². The monoisotopic (exact) mass is 851 g/mol. The van der Waals surface area contributed by atoms with E-state index in [2.05, 4.69) is 26.6 Å². The number of carboxylic acid groups (broad SMARTS) is 1. The van der Waals surface area contributed by atoms with Crippen LogP contribution in [-0.4, -0.2) is 136 Å². The van der Waals surface area contributed by atoms with Crippen LogP contribution in [-0.2, 0) is 43.2 Å². The Hall–Kier alpha value is -4.85. The fraction of sp³-hybridized carbons (Fsp3) is 0.775. The lowest BCUT2D eigenvalue weighted by Crippen LogP contribution is -2.61. The molecule has 0 aromatic rings. The Morgan fingerprint density at radius 3 is 1.82 bits per heavy atom. The van der Waals surface area contributed by atoms with Crippen molar-refractivity contribution in [1.29, 1.82) is 0 Å². The molecule has 0 aromatic heterocycles. The second-order valence-electron chi connectivity index (χ2n) is 16.9. The standard InChI is InChI=1S/C40H70N10O10/c1-8-23(6)32(48-33(52)24(7)44-34(53)25(42)19-21(2)3)39(58)49-17-11-14-28(49)36(55)47-31(22(4)5)37(56)46-27(20-30(43)51)35(54)45-26(13-9-10-16-41)38(57)50-18-12-15-29(50)40(59)60/h21-29,31-32H,8-20,41-42H2,1-7H3,(H2,43,51)(H,44,53)(H,45,54)(H,46,56)(H,47,55)(H,48,52)(H,59,60)/t23-,24-,25-,26-,27-,28-,29-,31-,32-/m0/s1. The Morgan fingerprint density at radius 1 is 0.700 bits per heavy atom. The maximum atomic E-state index is 14.1.